The highest BCUT2D eigenvalue weighted by Crippen LogP contribution is 2.49. The van der Waals surface area contributed by atoms with Gasteiger partial charge in [-0.2, -0.15) is 0 Å². The first-order valence-electron chi connectivity index (χ1n) is 14.9. The van der Waals surface area contributed by atoms with Crippen molar-refractivity contribution in [2.24, 2.45) is 5.92 Å². The molecule has 228 valence electrons. The Morgan fingerprint density at radius 1 is 1.02 bits per heavy atom. The van der Waals surface area contributed by atoms with Crippen LogP contribution in [0.25, 0.3) is 0 Å². The summed E-state index contributed by atoms with van der Waals surface area (Å²) in [5.74, 6) is -0.482. The van der Waals surface area contributed by atoms with E-state index in [9.17, 15) is 14.7 Å². The number of carbonyl (C=O) groups excluding carboxylic acids is 1. The van der Waals surface area contributed by atoms with Gasteiger partial charge in [-0.05, 0) is 72.7 Å². The first-order valence-corrected chi connectivity index (χ1v) is 14.9. The first-order chi connectivity index (χ1) is 20.7. The average Bonchev–Trinajstić information content (AvgIpc) is 3.63. The number of aliphatic hydroxyl groups is 1. The molecular weight excluding hydrogens is 548 g/mol. The number of likely N-dealkylation sites (tertiary alicyclic amines) is 1. The Labute approximate surface area is 252 Å². The second-order valence-electron chi connectivity index (χ2n) is 11.2. The van der Waals surface area contributed by atoms with Crippen LogP contribution in [0.5, 0.6) is 17.2 Å². The van der Waals surface area contributed by atoms with Crippen molar-refractivity contribution in [1.82, 2.24) is 4.90 Å². The number of carboxylic acids is 1. The maximum Gasteiger partial charge on any atom is 0.309 e. The summed E-state index contributed by atoms with van der Waals surface area (Å²) in [5, 5.41) is 22.9. The smallest absolute Gasteiger partial charge is 0.309 e. The predicted molar refractivity (Wildman–Crippen MR) is 163 cm³/mol. The SMILES string of the molecule is CCc1cc(C)cc(CC)c1NC(=O)CN1C[C@H](c2ccc3c(c2C)OCO3)C(C(=O)O)[C@@H]1c1ccc(OCCO)cc1. The van der Waals surface area contributed by atoms with Gasteiger partial charge in [0.05, 0.1) is 19.1 Å². The normalized spacial score (nSPS) is 19.4. The summed E-state index contributed by atoms with van der Waals surface area (Å²) in [4.78, 5) is 28.7. The Hall–Kier alpha value is -4.08. The molecule has 0 saturated carbocycles. The van der Waals surface area contributed by atoms with Gasteiger partial charge in [0.1, 0.15) is 12.4 Å². The Morgan fingerprint density at radius 3 is 2.35 bits per heavy atom. The second-order valence-corrected chi connectivity index (χ2v) is 11.2. The molecule has 0 aromatic heterocycles. The third-order valence-electron chi connectivity index (χ3n) is 8.51. The van der Waals surface area contributed by atoms with E-state index in [1.165, 1.54) is 0 Å². The number of rotatable bonds is 11. The predicted octanol–water partition coefficient (Wildman–Crippen LogP) is 5.01. The molecule has 0 spiro atoms. The van der Waals surface area contributed by atoms with Gasteiger partial charge in [-0.1, -0.05) is 49.7 Å². The van der Waals surface area contributed by atoms with Crippen LogP contribution in [0.4, 0.5) is 5.69 Å². The van der Waals surface area contributed by atoms with Crippen molar-refractivity contribution < 1.29 is 34.0 Å². The fraction of sp³-hybridized carbons (Fsp3) is 0.412. The molecule has 3 aromatic carbocycles. The summed E-state index contributed by atoms with van der Waals surface area (Å²) in [6, 6.07) is 14.6. The number of benzene rings is 3. The van der Waals surface area contributed by atoms with E-state index in [4.69, 9.17) is 19.3 Å². The summed E-state index contributed by atoms with van der Waals surface area (Å²) in [7, 11) is 0. The average molecular weight is 589 g/mol. The van der Waals surface area contributed by atoms with Crippen LogP contribution in [0.3, 0.4) is 0 Å². The van der Waals surface area contributed by atoms with Crippen molar-refractivity contribution in [3.05, 3.63) is 81.9 Å². The minimum atomic E-state index is -0.935. The molecule has 2 aliphatic heterocycles. The molecule has 0 aliphatic carbocycles. The minimum absolute atomic E-state index is 0.0253. The van der Waals surface area contributed by atoms with Crippen LogP contribution < -0.4 is 19.5 Å². The van der Waals surface area contributed by atoms with Crippen molar-refractivity contribution in [2.45, 2.75) is 52.5 Å². The van der Waals surface area contributed by atoms with E-state index < -0.39 is 23.8 Å². The molecule has 2 aliphatic rings. The number of aliphatic carboxylic acids is 1. The molecule has 9 nitrogen and oxygen atoms in total. The molecule has 3 N–H and O–H groups in total. The number of aliphatic hydroxyl groups excluding tert-OH is 1. The quantitative estimate of drug-likeness (QED) is 0.286. The zero-order valence-electron chi connectivity index (χ0n) is 25.2. The van der Waals surface area contributed by atoms with Gasteiger partial charge in [0.2, 0.25) is 12.7 Å². The highest BCUT2D eigenvalue weighted by Gasteiger charge is 2.48. The number of aryl methyl sites for hydroxylation is 3. The number of hydrogen-bond acceptors (Lipinski definition) is 7. The zero-order chi connectivity index (χ0) is 30.7. The van der Waals surface area contributed by atoms with Gasteiger partial charge in [0.15, 0.2) is 11.5 Å². The van der Waals surface area contributed by atoms with Crippen molar-refractivity contribution in [1.29, 1.82) is 0 Å². The number of ether oxygens (including phenoxy) is 3. The van der Waals surface area contributed by atoms with Crippen LogP contribution >= 0.6 is 0 Å². The van der Waals surface area contributed by atoms with E-state index in [-0.39, 0.29) is 32.5 Å². The summed E-state index contributed by atoms with van der Waals surface area (Å²) in [6.45, 7) is 8.71. The molecule has 1 amide bonds. The van der Waals surface area contributed by atoms with Crippen molar-refractivity contribution in [3.63, 3.8) is 0 Å². The molecule has 3 atom stereocenters. The van der Waals surface area contributed by atoms with E-state index in [0.29, 0.717) is 23.8 Å². The fourth-order valence-corrected chi connectivity index (χ4v) is 6.58. The summed E-state index contributed by atoms with van der Waals surface area (Å²) >= 11 is 0. The van der Waals surface area contributed by atoms with Gasteiger partial charge in [-0.15, -0.1) is 0 Å². The van der Waals surface area contributed by atoms with Crippen molar-refractivity contribution in [2.75, 3.05) is 38.4 Å². The number of nitrogens with one attached hydrogen (secondary N) is 1. The molecule has 2 heterocycles. The molecular formula is C34H40N2O7. The highest BCUT2D eigenvalue weighted by molar-refractivity contribution is 5.94. The summed E-state index contributed by atoms with van der Waals surface area (Å²) in [5.41, 5.74) is 6.66. The molecule has 0 bridgehead atoms. The molecule has 3 aromatic rings. The number of hydrogen-bond donors (Lipinski definition) is 3. The molecule has 0 radical (unpaired) electrons. The van der Waals surface area contributed by atoms with Gasteiger partial charge in [-0.3, -0.25) is 14.5 Å². The largest absolute Gasteiger partial charge is 0.491 e. The van der Waals surface area contributed by atoms with Gasteiger partial charge < -0.3 is 29.7 Å². The van der Waals surface area contributed by atoms with E-state index in [2.05, 4.69) is 38.2 Å². The molecule has 5 rings (SSSR count). The Kier molecular flexibility index (Phi) is 9.22. The van der Waals surface area contributed by atoms with Crippen LogP contribution in [0, 0.1) is 19.8 Å². The number of nitrogens with zero attached hydrogens (tertiary/aromatic N) is 1. The maximum absolute atomic E-state index is 13.7. The number of carbonyl (C=O) groups is 2. The first kappa shape index (κ1) is 30.4. The lowest BCUT2D eigenvalue weighted by Crippen LogP contribution is -2.35. The van der Waals surface area contributed by atoms with E-state index >= 15 is 0 Å². The molecule has 1 unspecified atom stereocenters. The lowest BCUT2D eigenvalue weighted by molar-refractivity contribution is -0.143. The number of carboxylic acid groups (broad SMARTS) is 1. The number of anilines is 1. The van der Waals surface area contributed by atoms with E-state index in [1.807, 2.05) is 36.1 Å². The Balaban J connectivity index is 1.50. The van der Waals surface area contributed by atoms with Gasteiger partial charge in [-0.25, -0.2) is 0 Å². The van der Waals surface area contributed by atoms with Crippen LogP contribution in [0.2, 0.25) is 0 Å². The number of fused-ring (bicyclic) bond motifs is 1. The molecule has 1 saturated heterocycles. The molecule has 9 heteroatoms. The zero-order valence-corrected chi connectivity index (χ0v) is 25.2. The Morgan fingerprint density at radius 2 is 1.72 bits per heavy atom. The summed E-state index contributed by atoms with van der Waals surface area (Å²) < 4.78 is 16.8. The number of amides is 1. The molecule has 43 heavy (non-hydrogen) atoms. The van der Waals surface area contributed by atoms with Crippen LogP contribution in [0.1, 0.15) is 59.2 Å². The fourth-order valence-electron chi connectivity index (χ4n) is 6.58. The summed E-state index contributed by atoms with van der Waals surface area (Å²) in [6.07, 6.45) is 1.57. The lowest BCUT2D eigenvalue weighted by Gasteiger charge is -2.27. The minimum Gasteiger partial charge on any atom is -0.491 e. The standard InChI is InChI=1S/C34H40N2O7/c1-5-22-15-20(3)16-23(6-2)31(22)35-29(38)18-36-17-27(26-11-12-28-33(21(26)4)43-19-42-28)30(34(39)40)32(36)24-7-9-25(10-8-24)41-14-13-37/h7-12,15-16,27,30,32,37H,5-6,13-14,17-19H2,1-4H3,(H,35,38)(H,39,40)/t27-,30?,32+/m1/s1. The maximum atomic E-state index is 13.7. The third-order valence-corrected chi connectivity index (χ3v) is 8.51. The van der Waals surface area contributed by atoms with Crippen molar-refractivity contribution >= 4 is 17.6 Å². The van der Waals surface area contributed by atoms with Crippen LogP contribution in [0.15, 0.2) is 48.5 Å². The van der Waals surface area contributed by atoms with Crippen LogP contribution in [-0.4, -0.2) is 60.1 Å². The van der Waals surface area contributed by atoms with Crippen molar-refractivity contribution in [3.8, 4) is 17.2 Å². The Bertz CT molecular complexity index is 1460. The lowest BCUT2D eigenvalue weighted by atomic mass is 9.81. The monoisotopic (exact) mass is 588 g/mol. The van der Waals surface area contributed by atoms with E-state index in [0.717, 1.165) is 51.9 Å². The van der Waals surface area contributed by atoms with Gasteiger partial charge in [0, 0.05) is 24.2 Å². The molecule has 1 fully saturated rings. The highest BCUT2D eigenvalue weighted by atomic mass is 16.7. The van der Waals surface area contributed by atoms with Crippen LogP contribution in [-0.2, 0) is 22.4 Å². The second kappa shape index (κ2) is 13.1. The van der Waals surface area contributed by atoms with Gasteiger partial charge in [0.25, 0.3) is 0 Å². The topological polar surface area (TPSA) is 118 Å². The van der Waals surface area contributed by atoms with E-state index in [1.54, 1.807) is 12.1 Å². The third kappa shape index (κ3) is 6.19. The van der Waals surface area contributed by atoms with Gasteiger partial charge >= 0.3 is 5.97 Å².